The summed E-state index contributed by atoms with van der Waals surface area (Å²) in [6, 6.07) is 17.8. The van der Waals surface area contributed by atoms with Crippen molar-refractivity contribution in [1.82, 2.24) is 5.16 Å². The maximum absolute atomic E-state index is 13.6. The molecule has 23 heavy (non-hydrogen) atoms. The predicted octanol–water partition coefficient (Wildman–Crippen LogP) is 4.37. The molecule has 0 saturated heterocycles. The summed E-state index contributed by atoms with van der Waals surface area (Å²) in [5, 5.41) is 8.90. The number of anilines is 1. The second kappa shape index (κ2) is 5.21. The number of hydrogen-bond donors (Lipinski definition) is 1. The first kappa shape index (κ1) is 13.5. The first-order valence-corrected chi connectivity index (χ1v) is 7.06. The van der Waals surface area contributed by atoms with E-state index in [1.54, 1.807) is 6.07 Å². The fourth-order valence-corrected chi connectivity index (χ4v) is 2.55. The van der Waals surface area contributed by atoms with Gasteiger partial charge in [0.05, 0.1) is 5.39 Å². The number of fused-ring (bicyclic) bond motifs is 2. The molecule has 1 aromatic heterocycles. The van der Waals surface area contributed by atoms with Gasteiger partial charge in [0.25, 0.3) is 5.91 Å². The summed E-state index contributed by atoms with van der Waals surface area (Å²) in [5.41, 5.74) is 0.685. The summed E-state index contributed by atoms with van der Waals surface area (Å²) in [6.45, 7) is 0. The van der Waals surface area contributed by atoms with Crippen LogP contribution in [0, 0.1) is 5.82 Å². The number of hydrogen-bond acceptors (Lipinski definition) is 3. The molecule has 0 radical (unpaired) electrons. The zero-order chi connectivity index (χ0) is 15.8. The molecule has 1 heterocycles. The Morgan fingerprint density at radius 2 is 1.83 bits per heavy atom. The SMILES string of the molecule is O=C(Nc1ccc2ccccc2c1)c1noc2c(F)cccc12. The van der Waals surface area contributed by atoms with Crippen molar-refractivity contribution in [2.24, 2.45) is 0 Å². The summed E-state index contributed by atoms with van der Waals surface area (Å²) < 4.78 is 18.5. The van der Waals surface area contributed by atoms with E-state index in [9.17, 15) is 9.18 Å². The van der Waals surface area contributed by atoms with Gasteiger partial charge in [0.2, 0.25) is 5.58 Å². The number of rotatable bonds is 2. The molecule has 0 unspecified atom stereocenters. The summed E-state index contributed by atoms with van der Waals surface area (Å²) in [5.74, 6) is -0.982. The first-order chi connectivity index (χ1) is 11.2. The van der Waals surface area contributed by atoms with Gasteiger partial charge in [-0.25, -0.2) is 4.39 Å². The molecule has 3 aromatic carbocycles. The quantitative estimate of drug-likeness (QED) is 0.598. The van der Waals surface area contributed by atoms with Crippen LogP contribution in [0.15, 0.2) is 65.2 Å². The number of amides is 1. The van der Waals surface area contributed by atoms with E-state index in [0.29, 0.717) is 11.1 Å². The zero-order valence-corrected chi connectivity index (χ0v) is 11.9. The Kier molecular flexibility index (Phi) is 3.05. The van der Waals surface area contributed by atoms with Crippen LogP contribution >= 0.6 is 0 Å². The molecule has 112 valence electrons. The van der Waals surface area contributed by atoms with Gasteiger partial charge < -0.3 is 9.84 Å². The van der Waals surface area contributed by atoms with Gasteiger partial charge in [-0.3, -0.25) is 4.79 Å². The average molecular weight is 306 g/mol. The van der Waals surface area contributed by atoms with E-state index in [-0.39, 0.29) is 11.3 Å². The molecule has 0 aliphatic rings. The Bertz CT molecular complexity index is 1040. The van der Waals surface area contributed by atoms with Crippen LogP contribution in [-0.2, 0) is 0 Å². The van der Waals surface area contributed by atoms with Crippen LogP contribution < -0.4 is 5.32 Å². The standard InChI is InChI=1S/C18H11FN2O2/c19-15-7-3-6-14-16(21-23-17(14)15)18(22)20-13-9-8-11-4-1-2-5-12(11)10-13/h1-10H,(H,20,22). The number of nitrogens with one attached hydrogen (secondary N) is 1. The molecular formula is C18H11FN2O2. The van der Waals surface area contributed by atoms with E-state index in [0.717, 1.165) is 10.8 Å². The van der Waals surface area contributed by atoms with Crippen molar-refractivity contribution in [1.29, 1.82) is 0 Å². The van der Waals surface area contributed by atoms with Crippen LogP contribution in [0.1, 0.15) is 10.5 Å². The molecule has 0 fully saturated rings. The molecule has 1 amide bonds. The van der Waals surface area contributed by atoms with Crippen LogP contribution in [0.4, 0.5) is 10.1 Å². The minimum absolute atomic E-state index is 0.0174. The molecule has 0 spiro atoms. The molecule has 0 saturated carbocycles. The van der Waals surface area contributed by atoms with Crippen molar-refractivity contribution in [3.8, 4) is 0 Å². The van der Waals surface area contributed by atoms with Crippen molar-refractivity contribution in [2.75, 3.05) is 5.32 Å². The smallest absolute Gasteiger partial charge is 0.278 e. The number of halogens is 1. The van der Waals surface area contributed by atoms with Crippen LogP contribution in [0.5, 0.6) is 0 Å². The number of benzene rings is 3. The minimum atomic E-state index is -0.542. The lowest BCUT2D eigenvalue weighted by atomic mass is 10.1. The van der Waals surface area contributed by atoms with Crippen molar-refractivity contribution < 1.29 is 13.7 Å². The van der Waals surface area contributed by atoms with Gasteiger partial charge >= 0.3 is 0 Å². The van der Waals surface area contributed by atoms with Gasteiger partial charge in [0.15, 0.2) is 11.5 Å². The zero-order valence-electron chi connectivity index (χ0n) is 11.9. The number of aromatic nitrogens is 1. The maximum Gasteiger partial charge on any atom is 0.278 e. The second-order valence-electron chi connectivity index (χ2n) is 5.16. The van der Waals surface area contributed by atoms with E-state index >= 15 is 0 Å². The first-order valence-electron chi connectivity index (χ1n) is 7.06. The molecule has 5 heteroatoms. The largest absolute Gasteiger partial charge is 0.352 e. The third-order valence-electron chi connectivity index (χ3n) is 3.67. The van der Waals surface area contributed by atoms with Crippen LogP contribution in [0.3, 0.4) is 0 Å². The molecule has 0 aliphatic heterocycles. The molecule has 0 atom stereocenters. The lowest BCUT2D eigenvalue weighted by Gasteiger charge is -2.05. The second-order valence-corrected chi connectivity index (χ2v) is 5.16. The highest BCUT2D eigenvalue weighted by Crippen LogP contribution is 2.23. The highest BCUT2D eigenvalue weighted by molar-refractivity contribution is 6.11. The van der Waals surface area contributed by atoms with Gasteiger partial charge in [-0.2, -0.15) is 0 Å². The number of para-hydroxylation sites is 1. The molecule has 4 nitrogen and oxygen atoms in total. The fourth-order valence-electron chi connectivity index (χ4n) is 2.55. The maximum atomic E-state index is 13.6. The van der Waals surface area contributed by atoms with Crippen molar-refractivity contribution in [3.05, 3.63) is 72.2 Å². The Hall–Kier alpha value is -3.21. The van der Waals surface area contributed by atoms with Crippen molar-refractivity contribution in [3.63, 3.8) is 0 Å². The van der Waals surface area contributed by atoms with Crippen molar-refractivity contribution in [2.45, 2.75) is 0 Å². The summed E-state index contributed by atoms with van der Waals surface area (Å²) in [4.78, 5) is 12.4. The lowest BCUT2D eigenvalue weighted by molar-refractivity contribution is 0.102. The predicted molar refractivity (Wildman–Crippen MR) is 85.9 cm³/mol. The molecule has 0 aliphatic carbocycles. The Balaban J connectivity index is 1.69. The Labute approximate surface area is 130 Å². The highest BCUT2D eigenvalue weighted by Gasteiger charge is 2.18. The van der Waals surface area contributed by atoms with Gasteiger partial charge in [-0.15, -0.1) is 0 Å². The summed E-state index contributed by atoms with van der Waals surface area (Å²) in [7, 11) is 0. The van der Waals surface area contributed by atoms with Crippen molar-refractivity contribution >= 4 is 33.3 Å². The number of carbonyl (C=O) groups excluding carboxylic acids is 1. The van der Waals surface area contributed by atoms with E-state index in [1.165, 1.54) is 12.1 Å². The van der Waals surface area contributed by atoms with E-state index in [2.05, 4.69) is 10.5 Å². The Morgan fingerprint density at radius 3 is 2.70 bits per heavy atom. The Morgan fingerprint density at radius 1 is 1.00 bits per heavy atom. The highest BCUT2D eigenvalue weighted by atomic mass is 19.1. The number of nitrogens with zero attached hydrogens (tertiary/aromatic N) is 1. The van der Waals surface area contributed by atoms with Crippen LogP contribution in [-0.4, -0.2) is 11.1 Å². The lowest BCUT2D eigenvalue weighted by Crippen LogP contribution is -2.12. The van der Waals surface area contributed by atoms with E-state index in [1.807, 2.05) is 42.5 Å². The topological polar surface area (TPSA) is 55.1 Å². The third-order valence-corrected chi connectivity index (χ3v) is 3.67. The fraction of sp³-hybridized carbons (Fsp3) is 0. The van der Waals surface area contributed by atoms with Crippen LogP contribution in [0.25, 0.3) is 21.7 Å². The molecule has 0 bridgehead atoms. The number of carbonyl (C=O) groups is 1. The van der Waals surface area contributed by atoms with E-state index in [4.69, 9.17) is 4.52 Å². The minimum Gasteiger partial charge on any atom is -0.352 e. The third kappa shape index (κ3) is 2.32. The average Bonchev–Trinajstić information content (AvgIpc) is 3.00. The summed E-state index contributed by atoms with van der Waals surface area (Å²) >= 11 is 0. The van der Waals surface area contributed by atoms with Gasteiger partial charge in [-0.05, 0) is 35.0 Å². The monoisotopic (exact) mass is 306 g/mol. The van der Waals surface area contributed by atoms with Gasteiger partial charge in [0.1, 0.15) is 0 Å². The molecular weight excluding hydrogens is 295 g/mol. The van der Waals surface area contributed by atoms with Gasteiger partial charge in [0, 0.05) is 5.69 Å². The normalized spacial score (nSPS) is 11.0. The molecule has 4 rings (SSSR count). The summed E-state index contributed by atoms with van der Waals surface area (Å²) in [6.07, 6.45) is 0. The van der Waals surface area contributed by atoms with Gasteiger partial charge in [-0.1, -0.05) is 41.6 Å². The van der Waals surface area contributed by atoms with E-state index < -0.39 is 11.7 Å². The van der Waals surface area contributed by atoms with Crippen LogP contribution in [0.2, 0.25) is 0 Å². The molecule has 4 aromatic rings. The molecule has 1 N–H and O–H groups in total.